The van der Waals surface area contributed by atoms with E-state index >= 15 is 0 Å². The molecule has 0 atom stereocenters. The third kappa shape index (κ3) is 4.22. The van der Waals surface area contributed by atoms with Gasteiger partial charge in [0.1, 0.15) is 5.82 Å². The highest BCUT2D eigenvalue weighted by Crippen LogP contribution is 2.18. The third-order valence-electron chi connectivity index (χ3n) is 2.58. The monoisotopic (exact) mass is 321 g/mol. The number of hydrogen-bond acceptors (Lipinski definition) is 1. The van der Waals surface area contributed by atoms with E-state index in [2.05, 4.69) is 17.2 Å². The Morgan fingerprint density at radius 3 is 2.67 bits per heavy atom. The summed E-state index contributed by atoms with van der Waals surface area (Å²) in [5, 5.41) is 3.15. The molecular formula is C16H10Cl2FNO. The Morgan fingerprint density at radius 1 is 1.19 bits per heavy atom. The molecule has 0 unspecified atom stereocenters. The molecule has 0 fully saturated rings. The Morgan fingerprint density at radius 2 is 1.95 bits per heavy atom. The fraction of sp³-hybridized carbons (Fsp3) is 0.0625. The number of nitrogens with one attached hydrogen (secondary N) is 1. The van der Waals surface area contributed by atoms with E-state index in [1.165, 1.54) is 18.2 Å². The Kier molecular flexibility index (Phi) is 5.21. The van der Waals surface area contributed by atoms with Gasteiger partial charge in [0.25, 0.3) is 5.91 Å². The lowest BCUT2D eigenvalue weighted by Crippen LogP contribution is -2.25. The zero-order valence-electron chi connectivity index (χ0n) is 10.8. The molecule has 21 heavy (non-hydrogen) atoms. The van der Waals surface area contributed by atoms with Crippen LogP contribution in [0.2, 0.25) is 10.0 Å². The Labute approximate surface area is 131 Å². The number of rotatable bonds is 2. The normalized spacial score (nSPS) is 9.67. The molecule has 5 heteroatoms. The molecule has 2 rings (SSSR count). The predicted octanol–water partition coefficient (Wildman–Crippen LogP) is 3.91. The number of benzene rings is 2. The van der Waals surface area contributed by atoms with Gasteiger partial charge in [-0.3, -0.25) is 4.79 Å². The molecule has 0 spiro atoms. The minimum atomic E-state index is -0.664. The first kappa shape index (κ1) is 15.4. The van der Waals surface area contributed by atoms with Crippen molar-refractivity contribution >= 4 is 29.1 Å². The largest absolute Gasteiger partial charge is 0.341 e. The maximum atomic E-state index is 13.5. The van der Waals surface area contributed by atoms with Gasteiger partial charge in [0.05, 0.1) is 17.1 Å². The van der Waals surface area contributed by atoms with Gasteiger partial charge in [-0.1, -0.05) is 47.2 Å². The molecule has 0 aliphatic heterocycles. The van der Waals surface area contributed by atoms with E-state index in [1.54, 1.807) is 24.3 Å². The summed E-state index contributed by atoms with van der Waals surface area (Å²) in [5.74, 6) is 4.35. The van der Waals surface area contributed by atoms with Crippen molar-refractivity contribution in [2.24, 2.45) is 0 Å². The summed E-state index contributed by atoms with van der Waals surface area (Å²) in [7, 11) is 0. The Hall–Kier alpha value is -2.02. The molecular weight excluding hydrogens is 312 g/mol. The van der Waals surface area contributed by atoms with Gasteiger partial charge in [-0.05, 0) is 30.3 Å². The first-order chi connectivity index (χ1) is 10.1. The lowest BCUT2D eigenvalue weighted by molar-refractivity contribution is 0.0955. The molecule has 1 N–H and O–H groups in total. The zero-order valence-corrected chi connectivity index (χ0v) is 12.3. The van der Waals surface area contributed by atoms with Crippen LogP contribution in [0.1, 0.15) is 15.9 Å². The first-order valence-electron chi connectivity index (χ1n) is 6.04. The summed E-state index contributed by atoms with van der Waals surface area (Å²) in [4.78, 5) is 11.8. The number of carbonyl (C=O) groups is 1. The standard InChI is InChI=1S/C16H10Cl2FNO/c17-12-6-1-4-11(10-12)5-3-9-20-16(21)15-13(18)7-2-8-14(15)19/h1-2,4,6-8,10H,9H2,(H,20,21). The lowest BCUT2D eigenvalue weighted by Gasteiger charge is -2.04. The molecule has 0 saturated carbocycles. The van der Waals surface area contributed by atoms with Crippen molar-refractivity contribution in [3.63, 3.8) is 0 Å². The van der Waals surface area contributed by atoms with Crippen LogP contribution < -0.4 is 5.32 Å². The number of carbonyl (C=O) groups excluding carboxylic acids is 1. The van der Waals surface area contributed by atoms with E-state index in [1.807, 2.05) is 0 Å². The van der Waals surface area contributed by atoms with Crippen molar-refractivity contribution in [1.82, 2.24) is 5.32 Å². The van der Waals surface area contributed by atoms with Crippen molar-refractivity contribution in [2.75, 3.05) is 6.54 Å². The molecule has 0 heterocycles. The smallest absolute Gasteiger partial charge is 0.256 e. The van der Waals surface area contributed by atoms with Crippen LogP contribution in [-0.4, -0.2) is 12.5 Å². The molecule has 0 bridgehead atoms. The summed E-state index contributed by atoms with van der Waals surface area (Å²) in [6, 6.07) is 11.1. The fourth-order valence-corrected chi connectivity index (χ4v) is 2.08. The van der Waals surface area contributed by atoms with Gasteiger partial charge in [0, 0.05) is 10.6 Å². The molecule has 0 saturated heterocycles. The number of hydrogen-bond donors (Lipinski definition) is 1. The average molecular weight is 322 g/mol. The second-order valence-corrected chi connectivity index (χ2v) is 4.94. The predicted molar refractivity (Wildman–Crippen MR) is 82.1 cm³/mol. The second kappa shape index (κ2) is 7.12. The minimum Gasteiger partial charge on any atom is -0.341 e. The quantitative estimate of drug-likeness (QED) is 0.835. The van der Waals surface area contributed by atoms with Crippen LogP contribution in [-0.2, 0) is 0 Å². The Bertz CT molecular complexity index is 714. The van der Waals surface area contributed by atoms with Crippen LogP contribution in [0.5, 0.6) is 0 Å². The fourth-order valence-electron chi connectivity index (χ4n) is 1.64. The van der Waals surface area contributed by atoms with E-state index in [-0.39, 0.29) is 17.1 Å². The van der Waals surface area contributed by atoms with Crippen LogP contribution in [0.3, 0.4) is 0 Å². The lowest BCUT2D eigenvalue weighted by atomic mass is 10.2. The zero-order chi connectivity index (χ0) is 15.2. The van der Waals surface area contributed by atoms with Gasteiger partial charge < -0.3 is 5.32 Å². The van der Waals surface area contributed by atoms with Crippen LogP contribution in [0.25, 0.3) is 0 Å². The van der Waals surface area contributed by atoms with Crippen LogP contribution in [0, 0.1) is 17.7 Å². The SMILES string of the molecule is O=C(NCC#Cc1cccc(Cl)c1)c1c(F)cccc1Cl. The molecule has 0 aliphatic carbocycles. The van der Waals surface area contributed by atoms with Gasteiger partial charge in [0.2, 0.25) is 0 Å². The summed E-state index contributed by atoms with van der Waals surface area (Å²) in [6.45, 7) is 0.0794. The number of halogens is 3. The molecule has 106 valence electrons. The summed E-state index contributed by atoms with van der Waals surface area (Å²) in [5.41, 5.74) is 0.560. The maximum Gasteiger partial charge on any atom is 0.256 e. The maximum absolute atomic E-state index is 13.5. The Balaban J connectivity index is 2.00. The summed E-state index contributed by atoms with van der Waals surface area (Å²) >= 11 is 11.6. The minimum absolute atomic E-state index is 0.0651. The van der Waals surface area contributed by atoms with Gasteiger partial charge in [-0.2, -0.15) is 0 Å². The van der Waals surface area contributed by atoms with Gasteiger partial charge in [-0.15, -0.1) is 0 Å². The highest BCUT2D eigenvalue weighted by atomic mass is 35.5. The van der Waals surface area contributed by atoms with E-state index in [0.29, 0.717) is 5.02 Å². The third-order valence-corrected chi connectivity index (χ3v) is 3.13. The van der Waals surface area contributed by atoms with Crippen molar-refractivity contribution in [1.29, 1.82) is 0 Å². The van der Waals surface area contributed by atoms with Crippen LogP contribution in [0.4, 0.5) is 4.39 Å². The van der Waals surface area contributed by atoms with Crippen molar-refractivity contribution < 1.29 is 9.18 Å². The van der Waals surface area contributed by atoms with Gasteiger partial charge in [-0.25, -0.2) is 4.39 Å². The van der Waals surface area contributed by atoms with E-state index in [0.717, 1.165) is 5.56 Å². The van der Waals surface area contributed by atoms with Crippen molar-refractivity contribution in [2.45, 2.75) is 0 Å². The second-order valence-electron chi connectivity index (χ2n) is 4.09. The molecule has 2 nitrogen and oxygen atoms in total. The van der Waals surface area contributed by atoms with E-state index in [4.69, 9.17) is 23.2 Å². The number of amides is 1. The molecule has 2 aromatic rings. The topological polar surface area (TPSA) is 29.1 Å². The molecule has 0 aliphatic rings. The highest BCUT2D eigenvalue weighted by Gasteiger charge is 2.14. The van der Waals surface area contributed by atoms with Crippen molar-refractivity contribution in [3.8, 4) is 11.8 Å². The molecule has 0 radical (unpaired) electrons. The van der Waals surface area contributed by atoms with E-state index in [9.17, 15) is 9.18 Å². The molecule has 0 aromatic heterocycles. The first-order valence-corrected chi connectivity index (χ1v) is 6.80. The van der Waals surface area contributed by atoms with Gasteiger partial charge >= 0.3 is 0 Å². The van der Waals surface area contributed by atoms with Gasteiger partial charge in [0.15, 0.2) is 0 Å². The summed E-state index contributed by atoms with van der Waals surface area (Å²) in [6.07, 6.45) is 0. The highest BCUT2D eigenvalue weighted by molar-refractivity contribution is 6.33. The summed E-state index contributed by atoms with van der Waals surface area (Å²) < 4.78 is 13.5. The van der Waals surface area contributed by atoms with Crippen LogP contribution in [0.15, 0.2) is 42.5 Å². The van der Waals surface area contributed by atoms with Crippen LogP contribution >= 0.6 is 23.2 Å². The average Bonchev–Trinajstić information content (AvgIpc) is 2.43. The van der Waals surface area contributed by atoms with E-state index < -0.39 is 11.7 Å². The molecule has 1 amide bonds. The van der Waals surface area contributed by atoms with Crippen molar-refractivity contribution in [3.05, 3.63) is 69.5 Å². The molecule has 2 aromatic carbocycles.